The molecular weight excluding hydrogens is 276 g/mol. The van der Waals surface area contributed by atoms with Crippen molar-refractivity contribution < 1.29 is 14.8 Å². The molecule has 0 aliphatic rings. The maximum atomic E-state index is 11.1. The fourth-order valence-corrected chi connectivity index (χ4v) is 1.78. The van der Waals surface area contributed by atoms with Gasteiger partial charge in [-0.25, -0.2) is 9.78 Å². The highest BCUT2D eigenvalue weighted by atomic mass is 16.6. The van der Waals surface area contributed by atoms with Crippen molar-refractivity contribution in [1.82, 2.24) is 9.97 Å². The van der Waals surface area contributed by atoms with E-state index in [1.165, 1.54) is 0 Å². The van der Waals surface area contributed by atoms with Gasteiger partial charge in [-0.15, -0.1) is 0 Å². The second-order valence-electron chi connectivity index (χ2n) is 4.30. The summed E-state index contributed by atoms with van der Waals surface area (Å²) in [5, 5.41) is 22.8. The van der Waals surface area contributed by atoms with E-state index >= 15 is 0 Å². The Labute approximate surface area is 119 Å². The Morgan fingerprint density at radius 3 is 2.81 bits per heavy atom. The van der Waals surface area contributed by atoms with E-state index in [1.54, 1.807) is 18.5 Å². The van der Waals surface area contributed by atoms with E-state index in [-0.39, 0.29) is 11.9 Å². The summed E-state index contributed by atoms with van der Waals surface area (Å²) in [6, 6.07) is 4.61. The molecule has 2 N–H and O–H groups in total. The van der Waals surface area contributed by atoms with Crippen molar-refractivity contribution in [3.63, 3.8) is 0 Å². The lowest BCUT2D eigenvalue weighted by molar-refractivity contribution is -0.385. The van der Waals surface area contributed by atoms with E-state index in [4.69, 9.17) is 5.11 Å². The molecule has 2 aromatic heterocycles. The van der Waals surface area contributed by atoms with Crippen molar-refractivity contribution in [2.75, 3.05) is 5.32 Å². The number of carboxylic acid groups (broad SMARTS) is 1. The number of hydrogen-bond donors (Lipinski definition) is 2. The van der Waals surface area contributed by atoms with Gasteiger partial charge in [-0.05, 0) is 18.6 Å². The van der Waals surface area contributed by atoms with Crippen LogP contribution in [0.5, 0.6) is 0 Å². The summed E-state index contributed by atoms with van der Waals surface area (Å²) >= 11 is 0. The highest BCUT2D eigenvalue weighted by molar-refractivity contribution is 5.93. The molecule has 0 aliphatic carbocycles. The first kappa shape index (κ1) is 14.4. The maximum Gasteiger partial charge on any atom is 0.342 e. The molecule has 8 heteroatoms. The van der Waals surface area contributed by atoms with E-state index in [1.807, 2.05) is 13.0 Å². The summed E-state index contributed by atoms with van der Waals surface area (Å²) in [6.45, 7) is 1.85. The summed E-state index contributed by atoms with van der Waals surface area (Å²) < 4.78 is 0. The summed E-state index contributed by atoms with van der Waals surface area (Å²) in [4.78, 5) is 28.9. The highest BCUT2D eigenvalue weighted by Gasteiger charge is 2.21. The van der Waals surface area contributed by atoms with E-state index in [0.717, 1.165) is 17.8 Å². The first-order chi connectivity index (χ1) is 9.99. The third kappa shape index (κ3) is 3.30. The molecule has 21 heavy (non-hydrogen) atoms. The Hall–Kier alpha value is -3.03. The first-order valence-electron chi connectivity index (χ1n) is 6.03. The number of aromatic carboxylic acids is 1. The number of nitrogens with one attached hydrogen (secondary N) is 1. The number of rotatable bonds is 5. The van der Waals surface area contributed by atoms with Crippen LogP contribution in [0.15, 0.2) is 36.8 Å². The van der Waals surface area contributed by atoms with Crippen LogP contribution in [0.1, 0.15) is 28.9 Å². The molecular formula is C13H12N4O4. The molecule has 0 saturated heterocycles. The van der Waals surface area contributed by atoms with Gasteiger partial charge in [0.2, 0.25) is 0 Å². The zero-order chi connectivity index (χ0) is 15.4. The van der Waals surface area contributed by atoms with Crippen molar-refractivity contribution >= 4 is 17.5 Å². The standard InChI is InChI=1S/C13H12N4O4/c1-8(9-3-2-4-14-6-9)16-12-5-10(13(18)19)11(7-15-12)17(20)21/h2-8H,1H3,(H,15,16)(H,18,19). The fraction of sp³-hybridized carbons (Fsp3) is 0.154. The van der Waals surface area contributed by atoms with Gasteiger partial charge in [0.15, 0.2) is 0 Å². The molecule has 2 heterocycles. The third-order valence-corrected chi connectivity index (χ3v) is 2.86. The lowest BCUT2D eigenvalue weighted by atomic mass is 10.1. The van der Waals surface area contributed by atoms with Crippen molar-refractivity contribution in [2.45, 2.75) is 13.0 Å². The molecule has 108 valence electrons. The minimum absolute atomic E-state index is 0.172. The molecule has 0 spiro atoms. The molecule has 0 aromatic carbocycles. The average Bonchev–Trinajstić information content (AvgIpc) is 2.47. The molecule has 0 bridgehead atoms. The van der Waals surface area contributed by atoms with Crippen molar-refractivity contribution in [3.05, 3.63) is 58.0 Å². The monoisotopic (exact) mass is 288 g/mol. The number of carboxylic acids is 1. The summed E-state index contributed by atoms with van der Waals surface area (Å²) in [5.41, 5.74) is -0.0625. The van der Waals surface area contributed by atoms with Crippen molar-refractivity contribution in [3.8, 4) is 0 Å². The Bertz CT molecular complexity index is 675. The van der Waals surface area contributed by atoms with Crippen LogP contribution >= 0.6 is 0 Å². The lowest BCUT2D eigenvalue weighted by Crippen LogP contribution is -2.10. The Kier molecular flexibility index (Phi) is 4.07. The van der Waals surface area contributed by atoms with Gasteiger partial charge in [0.1, 0.15) is 17.6 Å². The number of anilines is 1. The molecule has 0 fully saturated rings. The van der Waals surface area contributed by atoms with E-state index < -0.39 is 22.1 Å². The minimum Gasteiger partial charge on any atom is -0.477 e. The van der Waals surface area contributed by atoms with Crippen LogP contribution in [0.3, 0.4) is 0 Å². The summed E-state index contributed by atoms with van der Waals surface area (Å²) in [7, 11) is 0. The SMILES string of the molecule is CC(Nc1cc(C(=O)O)c([N+](=O)[O-])cn1)c1cccnc1. The Morgan fingerprint density at radius 2 is 2.24 bits per heavy atom. The predicted octanol–water partition coefficient (Wildman–Crippen LogP) is 2.26. The second kappa shape index (κ2) is 5.95. The van der Waals surface area contributed by atoms with Crippen LogP contribution in [-0.2, 0) is 0 Å². The zero-order valence-electron chi connectivity index (χ0n) is 11.1. The van der Waals surface area contributed by atoms with Crippen LogP contribution in [0, 0.1) is 10.1 Å². The van der Waals surface area contributed by atoms with Gasteiger partial charge < -0.3 is 10.4 Å². The zero-order valence-corrected chi connectivity index (χ0v) is 11.1. The van der Waals surface area contributed by atoms with Crippen LogP contribution < -0.4 is 5.32 Å². The third-order valence-electron chi connectivity index (χ3n) is 2.86. The lowest BCUT2D eigenvalue weighted by Gasteiger charge is -2.14. The van der Waals surface area contributed by atoms with Gasteiger partial charge in [-0.1, -0.05) is 6.07 Å². The number of nitro groups is 1. The van der Waals surface area contributed by atoms with Gasteiger partial charge in [-0.3, -0.25) is 15.1 Å². The average molecular weight is 288 g/mol. The van der Waals surface area contributed by atoms with Crippen molar-refractivity contribution in [2.24, 2.45) is 0 Å². The normalized spacial score (nSPS) is 11.7. The molecule has 0 saturated carbocycles. The Morgan fingerprint density at radius 1 is 1.48 bits per heavy atom. The smallest absolute Gasteiger partial charge is 0.342 e. The molecule has 1 atom stereocenters. The number of nitrogens with zero attached hydrogens (tertiary/aromatic N) is 3. The van der Waals surface area contributed by atoms with Crippen LogP contribution in [0.2, 0.25) is 0 Å². The van der Waals surface area contributed by atoms with E-state index in [9.17, 15) is 14.9 Å². The van der Waals surface area contributed by atoms with Crippen LogP contribution in [0.25, 0.3) is 0 Å². The highest BCUT2D eigenvalue weighted by Crippen LogP contribution is 2.23. The van der Waals surface area contributed by atoms with Crippen LogP contribution in [-0.4, -0.2) is 26.0 Å². The minimum atomic E-state index is -1.37. The summed E-state index contributed by atoms with van der Waals surface area (Å²) in [5.74, 6) is -1.13. The number of carbonyl (C=O) groups is 1. The second-order valence-corrected chi connectivity index (χ2v) is 4.30. The van der Waals surface area contributed by atoms with Gasteiger partial charge in [0, 0.05) is 18.5 Å². The quantitative estimate of drug-likeness (QED) is 0.639. The molecule has 0 radical (unpaired) electrons. The fourth-order valence-electron chi connectivity index (χ4n) is 1.78. The summed E-state index contributed by atoms with van der Waals surface area (Å²) in [6.07, 6.45) is 4.24. The first-order valence-corrected chi connectivity index (χ1v) is 6.03. The number of pyridine rings is 2. The van der Waals surface area contributed by atoms with E-state index in [2.05, 4.69) is 15.3 Å². The topological polar surface area (TPSA) is 118 Å². The molecule has 2 rings (SSSR count). The molecule has 1 unspecified atom stereocenters. The van der Waals surface area contributed by atoms with Crippen LogP contribution in [0.4, 0.5) is 11.5 Å². The largest absolute Gasteiger partial charge is 0.477 e. The van der Waals surface area contributed by atoms with Gasteiger partial charge >= 0.3 is 11.7 Å². The number of aromatic nitrogens is 2. The maximum absolute atomic E-state index is 11.1. The van der Waals surface area contributed by atoms with Crippen molar-refractivity contribution in [1.29, 1.82) is 0 Å². The number of hydrogen-bond acceptors (Lipinski definition) is 6. The molecule has 0 aliphatic heterocycles. The molecule has 8 nitrogen and oxygen atoms in total. The Balaban J connectivity index is 2.27. The molecule has 2 aromatic rings. The van der Waals surface area contributed by atoms with Gasteiger partial charge in [0.05, 0.1) is 11.0 Å². The van der Waals surface area contributed by atoms with Gasteiger partial charge in [0.25, 0.3) is 0 Å². The predicted molar refractivity (Wildman–Crippen MR) is 74.1 cm³/mol. The van der Waals surface area contributed by atoms with E-state index in [0.29, 0.717) is 0 Å². The molecule has 0 amide bonds. The van der Waals surface area contributed by atoms with Gasteiger partial charge in [-0.2, -0.15) is 0 Å².